The lowest BCUT2D eigenvalue weighted by atomic mass is 9.89. The lowest BCUT2D eigenvalue weighted by Gasteiger charge is -2.16. The standard InChI is InChI=1S/C15H26/c1-10(2)14-13-6-4-3-5-12(15(13)14)9-11-7-8-11/h10-15H,3-9H2,1-2H3. The summed E-state index contributed by atoms with van der Waals surface area (Å²) in [6.45, 7) is 4.90. The van der Waals surface area contributed by atoms with Gasteiger partial charge in [0.25, 0.3) is 0 Å². The van der Waals surface area contributed by atoms with E-state index in [1.54, 1.807) is 32.1 Å². The molecule has 0 saturated heterocycles. The highest BCUT2D eigenvalue weighted by atomic mass is 14.6. The number of hydrogen-bond acceptors (Lipinski definition) is 0. The van der Waals surface area contributed by atoms with Crippen molar-refractivity contribution in [2.75, 3.05) is 0 Å². The van der Waals surface area contributed by atoms with Crippen LogP contribution < -0.4 is 0 Å². The third-order valence-electron chi connectivity index (χ3n) is 5.30. The van der Waals surface area contributed by atoms with E-state index in [1.807, 2.05) is 0 Å². The molecule has 0 nitrogen and oxygen atoms in total. The zero-order valence-corrected chi connectivity index (χ0v) is 10.4. The van der Waals surface area contributed by atoms with Crippen molar-refractivity contribution in [3.63, 3.8) is 0 Å². The van der Waals surface area contributed by atoms with Gasteiger partial charge < -0.3 is 0 Å². The van der Waals surface area contributed by atoms with Crippen molar-refractivity contribution >= 4 is 0 Å². The number of rotatable bonds is 3. The Morgan fingerprint density at radius 1 is 1.00 bits per heavy atom. The summed E-state index contributed by atoms with van der Waals surface area (Å²) in [4.78, 5) is 0. The Morgan fingerprint density at radius 3 is 2.40 bits per heavy atom. The Morgan fingerprint density at radius 2 is 1.73 bits per heavy atom. The molecular weight excluding hydrogens is 180 g/mol. The summed E-state index contributed by atoms with van der Waals surface area (Å²) >= 11 is 0. The summed E-state index contributed by atoms with van der Waals surface area (Å²) in [7, 11) is 0. The van der Waals surface area contributed by atoms with Gasteiger partial charge in [0.1, 0.15) is 0 Å². The Balaban J connectivity index is 1.64. The van der Waals surface area contributed by atoms with E-state index in [2.05, 4.69) is 13.8 Å². The summed E-state index contributed by atoms with van der Waals surface area (Å²) in [6.07, 6.45) is 10.9. The van der Waals surface area contributed by atoms with Gasteiger partial charge in [-0.25, -0.2) is 0 Å². The van der Waals surface area contributed by atoms with Crippen LogP contribution in [-0.4, -0.2) is 0 Å². The van der Waals surface area contributed by atoms with E-state index < -0.39 is 0 Å². The van der Waals surface area contributed by atoms with Gasteiger partial charge in [-0.2, -0.15) is 0 Å². The van der Waals surface area contributed by atoms with Gasteiger partial charge in [-0.15, -0.1) is 0 Å². The van der Waals surface area contributed by atoms with Gasteiger partial charge in [0, 0.05) is 0 Å². The van der Waals surface area contributed by atoms with Crippen LogP contribution in [0.25, 0.3) is 0 Å². The summed E-state index contributed by atoms with van der Waals surface area (Å²) in [5.74, 6) is 6.68. The van der Waals surface area contributed by atoms with E-state index in [0.29, 0.717) is 0 Å². The van der Waals surface area contributed by atoms with Crippen LogP contribution in [0.1, 0.15) is 58.8 Å². The molecule has 0 heterocycles. The molecule has 0 N–H and O–H groups in total. The first-order valence-corrected chi connectivity index (χ1v) is 7.27. The Bertz CT molecular complexity index is 226. The van der Waals surface area contributed by atoms with Crippen LogP contribution in [0, 0.1) is 35.5 Å². The van der Waals surface area contributed by atoms with Crippen molar-refractivity contribution in [3.8, 4) is 0 Å². The fourth-order valence-corrected chi connectivity index (χ4v) is 4.45. The van der Waals surface area contributed by atoms with Crippen LogP contribution in [0.3, 0.4) is 0 Å². The second kappa shape index (κ2) is 3.79. The van der Waals surface area contributed by atoms with Crippen LogP contribution in [-0.2, 0) is 0 Å². The van der Waals surface area contributed by atoms with Crippen molar-refractivity contribution in [1.29, 1.82) is 0 Å². The Kier molecular flexibility index (Phi) is 2.57. The molecule has 3 fully saturated rings. The predicted octanol–water partition coefficient (Wildman–Crippen LogP) is 4.49. The second-order valence-electron chi connectivity index (χ2n) is 6.79. The first kappa shape index (κ1) is 10.2. The smallest absolute Gasteiger partial charge is 0.0321 e. The molecule has 0 aromatic rings. The highest BCUT2D eigenvalue weighted by Crippen LogP contribution is 2.61. The highest BCUT2D eigenvalue weighted by Gasteiger charge is 2.55. The molecule has 0 aromatic carbocycles. The molecule has 0 aliphatic heterocycles. The van der Waals surface area contributed by atoms with Crippen LogP contribution >= 0.6 is 0 Å². The molecule has 3 aliphatic carbocycles. The molecule has 3 rings (SSSR count). The quantitative estimate of drug-likeness (QED) is 0.638. The molecule has 0 spiro atoms. The monoisotopic (exact) mass is 206 g/mol. The van der Waals surface area contributed by atoms with Crippen molar-refractivity contribution in [2.24, 2.45) is 35.5 Å². The maximum Gasteiger partial charge on any atom is -0.0321 e. The number of hydrogen-bond donors (Lipinski definition) is 0. The van der Waals surface area contributed by atoms with E-state index in [9.17, 15) is 0 Å². The minimum absolute atomic E-state index is 0.958. The minimum Gasteiger partial charge on any atom is -0.0625 e. The van der Waals surface area contributed by atoms with Gasteiger partial charge in [-0.3, -0.25) is 0 Å². The van der Waals surface area contributed by atoms with Gasteiger partial charge in [0.05, 0.1) is 0 Å². The number of fused-ring (bicyclic) bond motifs is 1. The molecule has 0 amide bonds. The van der Waals surface area contributed by atoms with Gasteiger partial charge in [0.2, 0.25) is 0 Å². The third-order valence-corrected chi connectivity index (χ3v) is 5.30. The van der Waals surface area contributed by atoms with Crippen LogP contribution in [0.5, 0.6) is 0 Å². The summed E-state index contributed by atoms with van der Waals surface area (Å²) in [5.41, 5.74) is 0. The predicted molar refractivity (Wildman–Crippen MR) is 64.6 cm³/mol. The third kappa shape index (κ3) is 1.97. The molecule has 15 heavy (non-hydrogen) atoms. The molecule has 0 aromatic heterocycles. The molecule has 4 atom stereocenters. The van der Waals surface area contributed by atoms with Gasteiger partial charge in [0.15, 0.2) is 0 Å². The first-order chi connectivity index (χ1) is 7.27. The van der Waals surface area contributed by atoms with Crippen molar-refractivity contribution < 1.29 is 0 Å². The van der Waals surface area contributed by atoms with Crippen molar-refractivity contribution in [3.05, 3.63) is 0 Å². The molecule has 0 heteroatoms. The molecule has 0 radical (unpaired) electrons. The molecule has 4 unspecified atom stereocenters. The van der Waals surface area contributed by atoms with Crippen molar-refractivity contribution in [2.45, 2.75) is 58.8 Å². The Hall–Kier alpha value is 0. The van der Waals surface area contributed by atoms with Crippen LogP contribution in [0.2, 0.25) is 0 Å². The fourth-order valence-electron chi connectivity index (χ4n) is 4.45. The SMILES string of the molecule is CC(C)C1C2CCCCC(CC3CC3)C21. The summed E-state index contributed by atoms with van der Waals surface area (Å²) in [5, 5.41) is 0. The fraction of sp³-hybridized carbons (Fsp3) is 1.00. The topological polar surface area (TPSA) is 0 Å². The van der Waals surface area contributed by atoms with E-state index in [0.717, 1.165) is 35.5 Å². The second-order valence-corrected chi connectivity index (χ2v) is 6.79. The lowest BCUT2D eigenvalue weighted by molar-refractivity contribution is 0.336. The largest absolute Gasteiger partial charge is 0.0625 e. The molecular formula is C15H26. The van der Waals surface area contributed by atoms with Crippen LogP contribution in [0.4, 0.5) is 0 Å². The van der Waals surface area contributed by atoms with Gasteiger partial charge >= 0.3 is 0 Å². The van der Waals surface area contributed by atoms with E-state index in [4.69, 9.17) is 0 Å². The Labute approximate surface area is 94.8 Å². The zero-order chi connectivity index (χ0) is 10.4. The zero-order valence-electron chi connectivity index (χ0n) is 10.4. The molecule has 0 bridgehead atoms. The normalized spacial score (nSPS) is 45.0. The highest BCUT2D eigenvalue weighted by molar-refractivity contribution is 5.03. The summed E-state index contributed by atoms with van der Waals surface area (Å²) in [6, 6.07) is 0. The summed E-state index contributed by atoms with van der Waals surface area (Å²) < 4.78 is 0. The van der Waals surface area contributed by atoms with E-state index in [1.165, 1.54) is 12.8 Å². The molecule has 3 aliphatic rings. The molecule has 3 saturated carbocycles. The maximum absolute atomic E-state index is 2.45. The van der Waals surface area contributed by atoms with E-state index in [-0.39, 0.29) is 0 Å². The first-order valence-electron chi connectivity index (χ1n) is 7.27. The minimum atomic E-state index is 0.958. The van der Waals surface area contributed by atoms with E-state index >= 15 is 0 Å². The van der Waals surface area contributed by atoms with Crippen LogP contribution in [0.15, 0.2) is 0 Å². The average molecular weight is 206 g/mol. The lowest BCUT2D eigenvalue weighted by Crippen LogP contribution is -2.07. The molecule has 86 valence electrons. The maximum atomic E-state index is 2.45. The van der Waals surface area contributed by atoms with Crippen molar-refractivity contribution in [1.82, 2.24) is 0 Å². The van der Waals surface area contributed by atoms with Gasteiger partial charge in [-0.05, 0) is 48.3 Å². The van der Waals surface area contributed by atoms with Gasteiger partial charge in [-0.1, -0.05) is 46.0 Å². The average Bonchev–Trinajstić information content (AvgIpc) is 2.99.